The standard InChI is InChI=1S/C17H24N2O2S/c1-2-3-4-12-21-15-10-8-14(9-11-15)18-16(20)17(22)19-13-6-5-7-13/h8-11,13H,2-7,12H2,1H3,(H,18,20)(H,19,22). The third-order valence-electron chi connectivity index (χ3n) is 3.78. The fourth-order valence-electron chi connectivity index (χ4n) is 2.17. The van der Waals surface area contributed by atoms with Gasteiger partial charge in [-0.05, 0) is 49.9 Å². The zero-order valence-electron chi connectivity index (χ0n) is 13.1. The Balaban J connectivity index is 1.75. The molecular formula is C17H24N2O2S. The van der Waals surface area contributed by atoms with E-state index < -0.39 is 0 Å². The highest BCUT2D eigenvalue weighted by Gasteiger charge is 2.20. The highest BCUT2D eigenvalue weighted by molar-refractivity contribution is 7.82. The number of benzene rings is 1. The van der Waals surface area contributed by atoms with Crippen LogP contribution in [0.25, 0.3) is 0 Å². The molecule has 22 heavy (non-hydrogen) atoms. The van der Waals surface area contributed by atoms with E-state index in [9.17, 15) is 4.79 Å². The summed E-state index contributed by atoms with van der Waals surface area (Å²) in [5, 5.41) is 5.88. The number of thiocarbonyl (C=S) groups is 1. The van der Waals surface area contributed by atoms with Gasteiger partial charge in [0.05, 0.1) is 6.61 Å². The first kappa shape index (κ1) is 16.7. The Morgan fingerprint density at radius 3 is 2.59 bits per heavy atom. The molecule has 0 atom stereocenters. The van der Waals surface area contributed by atoms with Crippen molar-refractivity contribution >= 4 is 28.8 Å². The van der Waals surface area contributed by atoms with Gasteiger partial charge < -0.3 is 15.4 Å². The highest BCUT2D eigenvalue weighted by atomic mass is 32.1. The Morgan fingerprint density at radius 1 is 1.27 bits per heavy atom. The molecule has 1 amide bonds. The van der Waals surface area contributed by atoms with E-state index in [0.717, 1.165) is 37.3 Å². The van der Waals surface area contributed by atoms with Crippen LogP contribution in [0.15, 0.2) is 24.3 Å². The van der Waals surface area contributed by atoms with E-state index in [2.05, 4.69) is 17.6 Å². The van der Waals surface area contributed by atoms with E-state index in [1.165, 1.54) is 19.3 Å². The average molecular weight is 320 g/mol. The summed E-state index contributed by atoms with van der Waals surface area (Å²) in [5.41, 5.74) is 0.726. The SMILES string of the molecule is CCCCCOc1ccc(NC(=O)C(=S)NC2CCC2)cc1. The maximum atomic E-state index is 12.0. The molecule has 0 heterocycles. The monoisotopic (exact) mass is 320 g/mol. The molecule has 2 rings (SSSR count). The summed E-state index contributed by atoms with van der Waals surface area (Å²) in [6.07, 6.45) is 6.83. The molecule has 5 heteroatoms. The number of anilines is 1. The molecule has 1 fully saturated rings. The Hall–Kier alpha value is -1.62. The van der Waals surface area contributed by atoms with Crippen molar-refractivity contribution in [1.29, 1.82) is 0 Å². The van der Waals surface area contributed by atoms with Crippen molar-refractivity contribution < 1.29 is 9.53 Å². The van der Waals surface area contributed by atoms with Crippen LogP contribution < -0.4 is 15.4 Å². The van der Waals surface area contributed by atoms with Crippen LogP contribution in [0.4, 0.5) is 5.69 Å². The minimum atomic E-state index is -0.251. The fourth-order valence-corrected chi connectivity index (χ4v) is 2.39. The summed E-state index contributed by atoms with van der Waals surface area (Å²) in [4.78, 5) is 12.2. The van der Waals surface area contributed by atoms with Crippen molar-refractivity contribution in [1.82, 2.24) is 5.32 Å². The van der Waals surface area contributed by atoms with Gasteiger partial charge in [0.1, 0.15) is 5.75 Å². The first-order valence-corrected chi connectivity index (χ1v) is 8.44. The first-order chi connectivity index (χ1) is 10.7. The second-order valence-corrected chi connectivity index (χ2v) is 6.04. The Bertz CT molecular complexity index is 498. The molecule has 1 saturated carbocycles. The van der Waals surface area contributed by atoms with Gasteiger partial charge >= 0.3 is 0 Å². The summed E-state index contributed by atoms with van der Waals surface area (Å²) in [6, 6.07) is 7.77. The zero-order valence-corrected chi connectivity index (χ0v) is 13.9. The van der Waals surface area contributed by atoms with Gasteiger partial charge in [-0.25, -0.2) is 0 Å². The molecule has 0 radical (unpaired) electrons. The van der Waals surface area contributed by atoms with Crippen molar-refractivity contribution in [2.75, 3.05) is 11.9 Å². The summed E-state index contributed by atoms with van der Waals surface area (Å²) in [7, 11) is 0. The maximum Gasteiger partial charge on any atom is 0.283 e. The van der Waals surface area contributed by atoms with Gasteiger partial charge in [0.25, 0.3) is 5.91 Å². The molecule has 0 aliphatic heterocycles. The lowest BCUT2D eigenvalue weighted by atomic mass is 9.93. The predicted molar refractivity (Wildman–Crippen MR) is 93.5 cm³/mol. The van der Waals surface area contributed by atoms with Crippen molar-refractivity contribution in [3.8, 4) is 5.75 Å². The molecule has 2 N–H and O–H groups in total. The van der Waals surface area contributed by atoms with Crippen LogP contribution in [0, 0.1) is 0 Å². The number of nitrogens with one attached hydrogen (secondary N) is 2. The van der Waals surface area contributed by atoms with Crippen molar-refractivity contribution in [3.63, 3.8) is 0 Å². The van der Waals surface area contributed by atoms with Gasteiger partial charge in [0.15, 0.2) is 4.99 Å². The van der Waals surface area contributed by atoms with Crippen LogP contribution in [-0.4, -0.2) is 23.5 Å². The number of carbonyl (C=O) groups excluding carboxylic acids is 1. The van der Waals surface area contributed by atoms with Gasteiger partial charge in [0, 0.05) is 11.7 Å². The molecular weight excluding hydrogens is 296 g/mol. The van der Waals surface area contributed by atoms with Crippen LogP contribution in [0.1, 0.15) is 45.4 Å². The smallest absolute Gasteiger partial charge is 0.283 e. The van der Waals surface area contributed by atoms with Crippen LogP contribution in [0.2, 0.25) is 0 Å². The Kier molecular flexibility index (Phi) is 6.65. The summed E-state index contributed by atoms with van der Waals surface area (Å²) in [5.74, 6) is 0.572. The first-order valence-electron chi connectivity index (χ1n) is 8.03. The number of unbranched alkanes of at least 4 members (excludes halogenated alkanes) is 2. The maximum absolute atomic E-state index is 12.0. The molecule has 0 unspecified atom stereocenters. The van der Waals surface area contributed by atoms with Gasteiger partial charge in [-0.15, -0.1) is 0 Å². The molecule has 4 nitrogen and oxygen atoms in total. The molecule has 1 aromatic carbocycles. The molecule has 0 aromatic heterocycles. The van der Waals surface area contributed by atoms with Crippen molar-refractivity contribution in [2.45, 2.75) is 51.5 Å². The third-order valence-corrected chi connectivity index (χ3v) is 4.08. The zero-order chi connectivity index (χ0) is 15.8. The summed E-state index contributed by atoms with van der Waals surface area (Å²) >= 11 is 5.11. The molecule has 0 saturated heterocycles. The van der Waals surface area contributed by atoms with E-state index in [-0.39, 0.29) is 10.9 Å². The quantitative estimate of drug-likeness (QED) is 0.594. The van der Waals surface area contributed by atoms with Crippen LogP contribution in [0.5, 0.6) is 5.75 Å². The minimum Gasteiger partial charge on any atom is -0.494 e. The molecule has 1 aliphatic rings. The van der Waals surface area contributed by atoms with Gasteiger partial charge in [-0.3, -0.25) is 4.79 Å². The minimum absolute atomic E-state index is 0.251. The predicted octanol–water partition coefficient (Wildman–Crippen LogP) is 3.66. The van der Waals surface area contributed by atoms with Gasteiger partial charge in [-0.1, -0.05) is 32.0 Å². The van der Waals surface area contributed by atoms with E-state index in [1.807, 2.05) is 24.3 Å². The number of carbonyl (C=O) groups is 1. The number of ether oxygens (including phenoxy) is 1. The largest absolute Gasteiger partial charge is 0.494 e. The number of hydrogen-bond donors (Lipinski definition) is 2. The topological polar surface area (TPSA) is 50.4 Å². The van der Waals surface area contributed by atoms with Crippen LogP contribution >= 0.6 is 12.2 Å². The number of amides is 1. The van der Waals surface area contributed by atoms with E-state index in [0.29, 0.717) is 6.04 Å². The molecule has 0 spiro atoms. The lowest BCUT2D eigenvalue weighted by Crippen LogP contribution is -2.43. The van der Waals surface area contributed by atoms with E-state index in [1.54, 1.807) is 0 Å². The van der Waals surface area contributed by atoms with Gasteiger partial charge in [0.2, 0.25) is 0 Å². The third kappa shape index (κ3) is 5.30. The van der Waals surface area contributed by atoms with E-state index >= 15 is 0 Å². The van der Waals surface area contributed by atoms with E-state index in [4.69, 9.17) is 17.0 Å². The lowest BCUT2D eigenvalue weighted by molar-refractivity contribution is -0.110. The molecule has 0 bridgehead atoms. The van der Waals surface area contributed by atoms with Crippen molar-refractivity contribution in [2.24, 2.45) is 0 Å². The highest BCUT2D eigenvalue weighted by Crippen LogP contribution is 2.19. The average Bonchev–Trinajstić information content (AvgIpc) is 2.48. The summed E-state index contributed by atoms with van der Waals surface area (Å²) < 4.78 is 5.64. The fraction of sp³-hybridized carbons (Fsp3) is 0.529. The lowest BCUT2D eigenvalue weighted by Gasteiger charge is -2.27. The molecule has 120 valence electrons. The Labute approximate surface area is 137 Å². The second kappa shape index (κ2) is 8.73. The normalized spacial score (nSPS) is 14.0. The van der Waals surface area contributed by atoms with Gasteiger partial charge in [-0.2, -0.15) is 0 Å². The number of rotatable bonds is 7. The van der Waals surface area contributed by atoms with Crippen LogP contribution in [0.3, 0.4) is 0 Å². The van der Waals surface area contributed by atoms with Crippen molar-refractivity contribution in [3.05, 3.63) is 24.3 Å². The Morgan fingerprint density at radius 2 is 2.00 bits per heavy atom. The molecule has 1 aromatic rings. The second-order valence-electron chi connectivity index (χ2n) is 5.64. The summed E-state index contributed by atoms with van der Waals surface area (Å²) in [6.45, 7) is 2.90. The molecule has 1 aliphatic carbocycles. The number of hydrogen-bond acceptors (Lipinski definition) is 3. The van der Waals surface area contributed by atoms with Crippen LogP contribution in [-0.2, 0) is 4.79 Å².